The van der Waals surface area contributed by atoms with Crippen molar-refractivity contribution in [1.29, 1.82) is 0 Å². The van der Waals surface area contributed by atoms with Gasteiger partial charge in [-0.1, -0.05) is 0 Å². The van der Waals surface area contributed by atoms with Crippen LogP contribution in [0.5, 0.6) is 0 Å². The molecule has 64 valence electrons. The quantitative estimate of drug-likeness (QED) is 0.410. The van der Waals surface area contributed by atoms with Gasteiger partial charge in [-0.2, -0.15) is 0 Å². The third kappa shape index (κ3) is 2.13. The van der Waals surface area contributed by atoms with Crippen LogP contribution in [-0.4, -0.2) is 5.17 Å². The first kappa shape index (κ1) is 8.86. The third-order valence-corrected chi connectivity index (χ3v) is 1.23. The van der Waals surface area contributed by atoms with Crippen LogP contribution in [0.3, 0.4) is 0 Å². The Bertz CT molecular complexity index is 321. The fourth-order valence-corrected chi connectivity index (χ4v) is 0.789. The van der Waals surface area contributed by atoms with E-state index in [0.29, 0.717) is 0 Å². The molecule has 0 aliphatic carbocycles. The van der Waals surface area contributed by atoms with Gasteiger partial charge in [0.15, 0.2) is 5.82 Å². The van der Waals surface area contributed by atoms with Crippen LogP contribution in [0.15, 0.2) is 23.2 Å². The summed E-state index contributed by atoms with van der Waals surface area (Å²) in [5.74, 6) is -1.43. The standard InChI is InChI=1S/C7H6F2N2S/c8-4-1-2-6(5(9)3-4)11-7(10)12/h1-3H,(H3,10,11,12)/p-1. The molecule has 0 aliphatic rings. The molecular formula is C7H5F2N2S-. The van der Waals surface area contributed by atoms with Crippen molar-refractivity contribution in [2.75, 3.05) is 0 Å². The Morgan fingerprint density at radius 2 is 2.08 bits per heavy atom. The molecule has 0 aliphatic heterocycles. The lowest BCUT2D eigenvalue weighted by molar-refractivity contribution is 0.585. The van der Waals surface area contributed by atoms with Crippen LogP contribution in [0.2, 0.25) is 0 Å². The maximum atomic E-state index is 12.8. The molecule has 0 heterocycles. The molecule has 1 rings (SSSR count). The molecule has 0 spiro atoms. The van der Waals surface area contributed by atoms with Crippen LogP contribution in [0.1, 0.15) is 0 Å². The summed E-state index contributed by atoms with van der Waals surface area (Å²) in [4.78, 5) is 3.47. The molecule has 0 amide bonds. The highest BCUT2D eigenvalue weighted by Gasteiger charge is 2.00. The van der Waals surface area contributed by atoms with Crippen LogP contribution in [0, 0.1) is 11.6 Å². The first-order valence-corrected chi connectivity index (χ1v) is 3.46. The summed E-state index contributed by atoms with van der Waals surface area (Å²) in [6, 6.07) is 2.97. The number of halogens is 2. The molecule has 0 saturated heterocycles. The number of nitrogens with two attached hydrogens (primary N) is 1. The molecule has 2 nitrogen and oxygen atoms in total. The van der Waals surface area contributed by atoms with Gasteiger partial charge in [0.2, 0.25) is 0 Å². The van der Waals surface area contributed by atoms with E-state index in [4.69, 9.17) is 5.73 Å². The number of hydrogen-bond donors (Lipinski definition) is 1. The molecule has 0 aromatic heterocycles. The maximum absolute atomic E-state index is 12.8. The summed E-state index contributed by atoms with van der Waals surface area (Å²) in [6.07, 6.45) is 0. The van der Waals surface area contributed by atoms with Crippen LogP contribution >= 0.6 is 0 Å². The average Bonchev–Trinajstić information content (AvgIpc) is 1.94. The zero-order valence-electron chi connectivity index (χ0n) is 5.92. The van der Waals surface area contributed by atoms with Gasteiger partial charge in [0, 0.05) is 6.07 Å². The van der Waals surface area contributed by atoms with Gasteiger partial charge in [0.25, 0.3) is 0 Å². The Hall–Kier alpha value is -1.23. The molecular weight excluding hydrogens is 182 g/mol. The molecule has 5 heteroatoms. The van der Waals surface area contributed by atoms with Crippen LogP contribution in [0.25, 0.3) is 0 Å². The SMILES string of the molecule is NC([S-])=Nc1ccc(F)cc1F. The molecule has 0 bridgehead atoms. The summed E-state index contributed by atoms with van der Waals surface area (Å²) >= 11 is 4.42. The van der Waals surface area contributed by atoms with Crippen molar-refractivity contribution in [2.24, 2.45) is 10.7 Å². The largest absolute Gasteiger partial charge is 0.743 e. The molecule has 0 fully saturated rings. The highest BCUT2D eigenvalue weighted by atomic mass is 32.1. The maximum Gasteiger partial charge on any atom is 0.151 e. The fourth-order valence-electron chi connectivity index (χ4n) is 0.691. The molecule has 0 saturated carbocycles. The first-order valence-electron chi connectivity index (χ1n) is 3.06. The van der Waals surface area contributed by atoms with Crippen LogP contribution < -0.4 is 5.73 Å². The van der Waals surface area contributed by atoms with E-state index in [0.717, 1.165) is 12.1 Å². The Morgan fingerprint density at radius 3 is 2.58 bits per heavy atom. The minimum absolute atomic E-state index is 0.0519. The molecule has 0 unspecified atom stereocenters. The van der Waals surface area contributed by atoms with Crippen LogP contribution in [-0.2, 0) is 12.6 Å². The predicted octanol–water partition coefficient (Wildman–Crippen LogP) is 1.46. The Labute approximate surface area is 73.5 Å². The molecule has 2 N–H and O–H groups in total. The summed E-state index contributed by atoms with van der Waals surface area (Å²) in [5.41, 5.74) is 4.98. The van der Waals surface area contributed by atoms with Gasteiger partial charge in [-0.25, -0.2) is 8.78 Å². The lowest BCUT2D eigenvalue weighted by Crippen LogP contribution is -2.05. The average molecular weight is 187 g/mol. The van der Waals surface area contributed by atoms with Gasteiger partial charge in [-0.15, -0.1) is 0 Å². The van der Waals surface area contributed by atoms with Gasteiger partial charge in [0.05, 0.1) is 5.69 Å². The summed E-state index contributed by atoms with van der Waals surface area (Å²) < 4.78 is 25.1. The van der Waals surface area contributed by atoms with Crippen molar-refractivity contribution >= 4 is 23.5 Å². The van der Waals surface area contributed by atoms with Crippen molar-refractivity contribution in [1.82, 2.24) is 0 Å². The topological polar surface area (TPSA) is 38.4 Å². The molecule has 1 aromatic rings. The van der Waals surface area contributed by atoms with Gasteiger partial charge in [0.1, 0.15) is 5.82 Å². The Kier molecular flexibility index (Phi) is 2.54. The fraction of sp³-hybridized carbons (Fsp3) is 0. The van der Waals surface area contributed by atoms with Gasteiger partial charge >= 0.3 is 0 Å². The molecule has 12 heavy (non-hydrogen) atoms. The van der Waals surface area contributed by atoms with Crippen molar-refractivity contribution in [2.45, 2.75) is 0 Å². The van der Waals surface area contributed by atoms with E-state index in [-0.39, 0.29) is 10.9 Å². The highest BCUT2D eigenvalue weighted by molar-refractivity contribution is 7.77. The van der Waals surface area contributed by atoms with Gasteiger partial charge < -0.3 is 18.4 Å². The molecule has 0 radical (unpaired) electrons. The van der Waals surface area contributed by atoms with E-state index >= 15 is 0 Å². The number of aliphatic imine (C=N–C) groups is 1. The summed E-state index contributed by atoms with van der Waals surface area (Å²) in [5, 5.41) is -0.180. The third-order valence-electron chi connectivity index (χ3n) is 1.14. The zero-order chi connectivity index (χ0) is 9.14. The van der Waals surface area contributed by atoms with E-state index in [2.05, 4.69) is 17.6 Å². The van der Waals surface area contributed by atoms with Crippen molar-refractivity contribution in [3.05, 3.63) is 29.8 Å². The number of hydrogen-bond acceptors (Lipinski definition) is 2. The monoisotopic (exact) mass is 187 g/mol. The predicted molar refractivity (Wildman–Crippen MR) is 45.0 cm³/mol. The lowest BCUT2D eigenvalue weighted by Gasteiger charge is -2.03. The van der Waals surface area contributed by atoms with Gasteiger partial charge in [-0.3, -0.25) is 4.99 Å². The molecule has 0 atom stereocenters. The number of nitrogens with zero attached hydrogens (tertiary/aromatic N) is 1. The van der Waals surface area contributed by atoms with Crippen molar-refractivity contribution in [3.8, 4) is 0 Å². The van der Waals surface area contributed by atoms with E-state index in [1.54, 1.807) is 0 Å². The second-order valence-corrected chi connectivity index (χ2v) is 2.46. The minimum atomic E-state index is -0.775. The van der Waals surface area contributed by atoms with E-state index < -0.39 is 11.6 Å². The first-order chi connectivity index (χ1) is 5.59. The Morgan fingerprint density at radius 1 is 1.42 bits per heavy atom. The number of rotatable bonds is 1. The van der Waals surface area contributed by atoms with Gasteiger partial charge in [-0.05, 0) is 17.3 Å². The van der Waals surface area contributed by atoms with E-state index in [1.165, 1.54) is 6.07 Å². The van der Waals surface area contributed by atoms with Crippen molar-refractivity contribution in [3.63, 3.8) is 0 Å². The van der Waals surface area contributed by atoms with E-state index in [1.807, 2.05) is 0 Å². The summed E-state index contributed by atoms with van der Waals surface area (Å²) in [6.45, 7) is 0. The number of amidine groups is 1. The normalized spacial score (nSPS) is 11.7. The highest BCUT2D eigenvalue weighted by Crippen LogP contribution is 2.17. The second-order valence-electron chi connectivity index (χ2n) is 2.05. The minimum Gasteiger partial charge on any atom is -0.743 e. The van der Waals surface area contributed by atoms with Crippen LogP contribution in [0.4, 0.5) is 14.5 Å². The lowest BCUT2D eigenvalue weighted by atomic mass is 10.3. The van der Waals surface area contributed by atoms with E-state index in [9.17, 15) is 8.78 Å². The van der Waals surface area contributed by atoms with Crippen molar-refractivity contribution < 1.29 is 8.78 Å². The Balaban J connectivity index is 3.10. The molecule has 1 aromatic carbocycles. The smallest absolute Gasteiger partial charge is 0.151 e. The zero-order valence-corrected chi connectivity index (χ0v) is 6.74. The second kappa shape index (κ2) is 3.44. The summed E-state index contributed by atoms with van der Waals surface area (Å²) in [7, 11) is 0. The number of benzene rings is 1.